The van der Waals surface area contributed by atoms with E-state index in [0.717, 1.165) is 24.9 Å². The van der Waals surface area contributed by atoms with Crippen molar-refractivity contribution in [3.63, 3.8) is 0 Å². The summed E-state index contributed by atoms with van der Waals surface area (Å²) in [5.41, 5.74) is 9.47. The number of phenolic OH excluding ortho intramolecular Hbond substituents is 2. The molecule has 2 aromatic rings. The van der Waals surface area contributed by atoms with Gasteiger partial charge in [0.2, 0.25) is 0 Å². The number of fused-ring (bicyclic) bond motifs is 1. The molecular formula is C17H20N2O2. The lowest BCUT2D eigenvalue weighted by atomic mass is 9.97. The number of nitrogens with two attached hydrogens (primary N) is 1. The van der Waals surface area contributed by atoms with E-state index in [4.69, 9.17) is 5.73 Å². The Labute approximate surface area is 124 Å². The van der Waals surface area contributed by atoms with Gasteiger partial charge in [-0.1, -0.05) is 24.3 Å². The van der Waals surface area contributed by atoms with Crippen LogP contribution in [0.25, 0.3) is 0 Å². The minimum Gasteiger partial charge on any atom is -0.504 e. The fourth-order valence-electron chi connectivity index (χ4n) is 3.08. The van der Waals surface area contributed by atoms with Gasteiger partial charge in [-0.2, -0.15) is 0 Å². The Hall–Kier alpha value is -2.20. The zero-order valence-electron chi connectivity index (χ0n) is 11.9. The van der Waals surface area contributed by atoms with Crippen LogP contribution in [0.1, 0.15) is 23.6 Å². The summed E-state index contributed by atoms with van der Waals surface area (Å²) in [6.07, 6.45) is 2.18. The molecule has 0 saturated heterocycles. The fourth-order valence-corrected chi connectivity index (χ4v) is 3.08. The SMILES string of the molecule is NCC(c1ccc(O)c(O)c1)N1CCCc2ccccc21. The van der Waals surface area contributed by atoms with Gasteiger partial charge in [-0.25, -0.2) is 0 Å². The van der Waals surface area contributed by atoms with Crippen molar-refractivity contribution in [3.05, 3.63) is 53.6 Å². The number of anilines is 1. The summed E-state index contributed by atoms with van der Waals surface area (Å²) in [5, 5.41) is 19.2. The van der Waals surface area contributed by atoms with Gasteiger partial charge >= 0.3 is 0 Å². The number of nitrogens with zero attached hydrogens (tertiary/aromatic N) is 1. The maximum absolute atomic E-state index is 9.73. The molecule has 4 N–H and O–H groups in total. The molecule has 1 atom stereocenters. The summed E-state index contributed by atoms with van der Waals surface area (Å²) in [5.74, 6) is -0.204. The van der Waals surface area contributed by atoms with Crippen molar-refractivity contribution in [2.75, 3.05) is 18.0 Å². The van der Waals surface area contributed by atoms with Crippen LogP contribution in [-0.2, 0) is 6.42 Å². The molecule has 0 amide bonds. The first kappa shape index (κ1) is 13.8. The van der Waals surface area contributed by atoms with Crippen molar-refractivity contribution in [2.24, 2.45) is 5.73 Å². The monoisotopic (exact) mass is 284 g/mol. The predicted molar refractivity (Wildman–Crippen MR) is 83.7 cm³/mol. The topological polar surface area (TPSA) is 69.7 Å². The highest BCUT2D eigenvalue weighted by molar-refractivity contribution is 5.57. The molecule has 3 rings (SSSR count). The molecule has 0 radical (unpaired) electrons. The average molecular weight is 284 g/mol. The third-order valence-electron chi connectivity index (χ3n) is 4.13. The lowest BCUT2D eigenvalue weighted by Crippen LogP contribution is -2.37. The van der Waals surface area contributed by atoms with Gasteiger partial charge in [0.25, 0.3) is 0 Å². The van der Waals surface area contributed by atoms with E-state index in [1.165, 1.54) is 17.3 Å². The van der Waals surface area contributed by atoms with Crippen LogP contribution < -0.4 is 10.6 Å². The van der Waals surface area contributed by atoms with Crippen LogP contribution in [0, 0.1) is 0 Å². The molecule has 21 heavy (non-hydrogen) atoms. The second-order valence-corrected chi connectivity index (χ2v) is 5.43. The molecule has 1 heterocycles. The Morgan fingerprint density at radius 3 is 2.67 bits per heavy atom. The van der Waals surface area contributed by atoms with Crippen molar-refractivity contribution in [1.29, 1.82) is 0 Å². The summed E-state index contributed by atoms with van der Waals surface area (Å²) in [6, 6.07) is 13.3. The fraction of sp³-hybridized carbons (Fsp3) is 0.294. The van der Waals surface area contributed by atoms with E-state index in [0.29, 0.717) is 6.54 Å². The van der Waals surface area contributed by atoms with E-state index in [1.807, 2.05) is 12.1 Å². The van der Waals surface area contributed by atoms with Gasteiger partial charge in [-0.05, 0) is 42.2 Å². The van der Waals surface area contributed by atoms with Crippen LogP contribution in [0.2, 0.25) is 0 Å². The van der Waals surface area contributed by atoms with Gasteiger partial charge in [0, 0.05) is 18.8 Å². The minimum absolute atomic E-state index is 0.00190. The molecule has 0 bridgehead atoms. The number of hydrogen-bond donors (Lipinski definition) is 3. The molecule has 0 saturated carbocycles. The Morgan fingerprint density at radius 1 is 1.10 bits per heavy atom. The Bertz CT molecular complexity index is 642. The molecule has 0 aliphatic carbocycles. The maximum Gasteiger partial charge on any atom is 0.157 e. The third-order valence-corrected chi connectivity index (χ3v) is 4.13. The standard InChI is InChI=1S/C17H20N2O2/c18-11-15(13-7-8-16(20)17(21)10-13)19-9-3-5-12-4-1-2-6-14(12)19/h1-2,4,6-8,10,15,20-21H,3,5,9,11,18H2. The Balaban J connectivity index is 1.99. The smallest absolute Gasteiger partial charge is 0.157 e. The molecule has 0 fully saturated rings. The molecule has 1 aliphatic heterocycles. The van der Waals surface area contributed by atoms with Crippen LogP contribution >= 0.6 is 0 Å². The maximum atomic E-state index is 9.73. The van der Waals surface area contributed by atoms with E-state index >= 15 is 0 Å². The van der Waals surface area contributed by atoms with E-state index in [1.54, 1.807) is 6.07 Å². The second kappa shape index (κ2) is 5.66. The first-order valence-corrected chi connectivity index (χ1v) is 7.27. The molecule has 4 nitrogen and oxygen atoms in total. The number of aromatic hydroxyl groups is 2. The Kier molecular flexibility index (Phi) is 3.71. The van der Waals surface area contributed by atoms with Crippen LogP contribution in [-0.4, -0.2) is 23.3 Å². The summed E-state index contributed by atoms with van der Waals surface area (Å²) in [6.45, 7) is 1.40. The van der Waals surface area contributed by atoms with Crippen molar-refractivity contribution < 1.29 is 10.2 Å². The molecule has 0 spiro atoms. The lowest BCUT2D eigenvalue weighted by molar-refractivity contribution is 0.402. The number of rotatable bonds is 3. The van der Waals surface area contributed by atoms with Gasteiger partial charge in [0.05, 0.1) is 6.04 Å². The highest BCUT2D eigenvalue weighted by Crippen LogP contribution is 2.36. The zero-order chi connectivity index (χ0) is 14.8. The number of aryl methyl sites for hydroxylation is 1. The molecule has 2 aromatic carbocycles. The Morgan fingerprint density at radius 2 is 1.90 bits per heavy atom. The normalized spacial score (nSPS) is 15.6. The summed E-state index contributed by atoms with van der Waals surface area (Å²) < 4.78 is 0. The van der Waals surface area contributed by atoms with Gasteiger partial charge < -0.3 is 20.8 Å². The highest BCUT2D eigenvalue weighted by Gasteiger charge is 2.24. The number of hydrogen-bond acceptors (Lipinski definition) is 4. The molecular weight excluding hydrogens is 264 g/mol. The number of para-hydroxylation sites is 1. The van der Waals surface area contributed by atoms with Gasteiger partial charge in [-0.15, -0.1) is 0 Å². The molecule has 1 aliphatic rings. The molecule has 0 aromatic heterocycles. The van der Waals surface area contributed by atoms with Crippen LogP contribution in [0.4, 0.5) is 5.69 Å². The van der Waals surface area contributed by atoms with Gasteiger partial charge in [-0.3, -0.25) is 0 Å². The quantitative estimate of drug-likeness (QED) is 0.758. The third kappa shape index (κ3) is 2.54. The van der Waals surface area contributed by atoms with Gasteiger partial charge in [0.1, 0.15) is 0 Å². The number of benzene rings is 2. The van der Waals surface area contributed by atoms with Crippen molar-refractivity contribution in [2.45, 2.75) is 18.9 Å². The first-order chi connectivity index (χ1) is 10.2. The van der Waals surface area contributed by atoms with Crippen molar-refractivity contribution >= 4 is 5.69 Å². The van der Waals surface area contributed by atoms with Crippen LogP contribution in [0.3, 0.4) is 0 Å². The molecule has 110 valence electrons. The number of phenols is 2. The molecule has 1 unspecified atom stereocenters. The first-order valence-electron chi connectivity index (χ1n) is 7.27. The van der Waals surface area contributed by atoms with E-state index < -0.39 is 0 Å². The highest BCUT2D eigenvalue weighted by atomic mass is 16.3. The minimum atomic E-state index is -0.103. The molecule has 4 heteroatoms. The van der Waals surface area contributed by atoms with Crippen molar-refractivity contribution in [1.82, 2.24) is 0 Å². The van der Waals surface area contributed by atoms with Crippen LogP contribution in [0.15, 0.2) is 42.5 Å². The van der Waals surface area contributed by atoms with Crippen molar-refractivity contribution in [3.8, 4) is 11.5 Å². The van der Waals surface area contributed by atoms with E-state index in [2.05, 4.69) is 23.1 Å². The summed E-state index contributed by atoms with van der Waals surface area (Å²) in [4.78, 5) is 2.30. The van der Waals surface area contributed by atoms with E-state index in [9.17, 15) is 10.2 Å². The summed E-state index contributed by atoms with van der Waals surface area (Å²) in [7, 11) is 0. The summed E-state index contributed by atoms with van der Waals surface area (Å²) >= 11 is 0. The lowest BCUT2D eigenvalue weighted by Gasteiger charge is -2.37. The zero-order valence-corrected chi connectivity index (χ0v) is 11.9. The van der Waals surface area contributed by atoms with Crippen LogP contribution in [0.5, 0.6) is 11.5 Å². The predicted octanol–water partition coefficient (Wildman–Crippen LogP) is 2.55. The average Bonchev–Trinajstić information content (AvgIpc) is 2.52. The van der Waals surface area contributed by atoms with E-state index in [-0.39, 0.29) is 17.5 Å². The second-order valence-electron chi connectivity index (χ2n) is 5.43. The van der Waals surface area contributed by atoms with Gasteiger partial charge in [0.15, 0.2) is 11.5 Å². The largest absolute Gasteiger partial charge is 0.504 e.